The first-order chi connectivity index (χ1) is 10.7. The average Bonchev–Trinajstić information content (AvgIpc) is 2.54. The fraction of sp³-hybridized carbons (Fsp3) is 0.353. The summed E-state index contributed by atoms with van der Waals surface area (Å²) in [6.45, 7) is 2.73. The van der Waals surface area contributed by atoms with E-state index in [1.807, 2.05) is 18.2 Å². The molecule has 0 aliphatic heterocycles. The van der Waals surface area contributed by atoms with Crippen molar-refractivity contribution in [3.8, 4) is 5.75 Å². The summed E-state index contributed by atoms with van der Waals surface area (Å²) in [5.74, 6) is 0.839. The Kier molecular flexibility index (Phi) is 6.18. The summed E-state index contributed by atoms with van der Waals surface area (Å²) >= 11 is 0. The molecular weight excluding hydrogens is 280 g/mol. The van der Waals surface area contributed by atoms with Crippen molar-refractivity contribution in [2.24, 2.45) is 5.73 Å². The van der Waals surface area contributed by atoms with Gasteiger partial charge in [-0.3, -0.25) is 9.69 Å². The van der Waals surface area contributed by atoms with E-state index in [-0.39, 0.29) is 11.2 Å². The molecule has 1 aromatic heterocycles. The van der Waals surface area contributed by atoms with E-state index in [0.29, 0.717) is 18.8 Å². The number of ether oxygens (including phenoxy) is 1. The molecule has 0 fully saturated rings. The first kappa shape index (κ1) is 16.3. The number of benzene rings is 1. The van der Waals surface area contributed by atoms with E-state index in [2.05, 4.69) is 17.0 Å². The number of hydrogen-bond donors (Lipinski definition) is 1. The van der Waals surface area contributed by atoms with Crippen LogP contribution in [0.2, 0.25) is 0 Å². The minimum Gasteiger partial charge on any atom is -0.490 e. The maximum atomic E-state index is 11.8. The largest absolute Gasteiger partial charge is 0.490 e. The van der Waals surface area contributed by atoms with Gasteiger partial charge in [0.1, 0.15) is 12.0 Å². The molecule has 0 aliphatic carbocycles. The van der Waals surface area contributed by atoms with Gasteiger partial charge in [-0.25, -0.2) is 0 Å². The van der Waals surface area contributed by atoms with Gasteiger partial charge in [0, 0.05) is 25.7 Å². The molecule has 2 rings (SSSR count). The molecule has 0 aliphatic rings. The predicted octanol–water partition coefficient (Wildman–Crippen LogP) is 1.65. The van der Waals surface area contributed by atoms with Gasteiger partial charge in [0.05, 0.1) is 13.7 Å². The number of nitrogens with zero attached hydrogens (tertiary/aromatic N) is 1. The van der Waals surface area contributed by atoms with Crippen LogP contribution in [0.5, 0.6) is 5.75 Å². The van der Waals surface area contributed by atoms with Crippen molar-refractivity contribution in [3.63, 3.8) is 0 Å². The van der Waals surface area contributed by atoms with E-state index in [4.69, 9.17) is 14.9 Å². The van der Waals surface area contributed by atoms with Gasteiger partial charge < -0.3 is 14.9 Å². The van der Waals surface area contributed by atoms with Crippen molar-refractivity contribution in [3.05, 3.63) is 64.2 Å². The van der Waals surface area contributed by atoms with Gasteiger partial charge >= 0.3 is 0 Å². The lowest BCUT2D eigenvalue weighted by Crippen LogP contribution is -2.31. The standard InChI is InChI=1S/C17H22N2O3/c1-21-17-13-22-15(11-16(17)20)12-19(10-8-18)9-7-14-5-3-2-4-6-14/h2-6,11,13H,7-10,12,18H2,1H3. The van der Waals surface area contributed by atoms with Crippen LogP contribution in [0.1, 0.15) is 11.3 Å². The van der Waals surface area contributed by atoms with Crippen LogP contribution < -0.4 is 15.9 Å². The summed E-state index contributed by atoms with van der Waals surface area (Å²) in [7, 11) is 1.45. The molecule has 5 nitrogen and oxygen atoms in total. The van der Waals surface area contributed by atoms with Crippen LogP contribution in [-0.2, 0) is 13.0 Å². The monoisotopic (exact) mass is 302 g/mol. The van der Waals surface area contributed by atoms with Crippen LogP contribution in [0.4, 0.5) is 0 Å². The highest BCUT2D eigenvalue weighted by molar-refractivity contribution is 5.17. The molecule has 5 heteroatoms. The van der Waals surface area contributed by atoms with Gasteiger partial charge in [0.2, 0.25) is 11.2 Å². The summed E-state index contributed by atoms with van der Waals surface area (Å²) in [6, 6.07) is 11.8. The van der Waals surface area contributed by atoms with E-state index in [1.165, 1.54) is 25.0 Å². The minimum atomic E-state index is -0.167. The van der Waals surface area contributed by atoms with Gasteiger partial charge in [0.15, 0.2) is 0 Å². The molecular formula is C17H22N2O3. The number of rotatable bonds is 8. The molecule has 0 spiro atoms. The van der Waals surface area contributed by atoms with Crippen LogP contribution in [0.15, 0.2) is 51.9 Å². The van der Waals surface area contributed by atoms with Crippen molar-refractivity contribution in [1.82, 2.24) is 4.90 Å². The Balaban J connectivity index is 1.99. The Morgan fingerprint density at radius 3 is 2.64 bits per heavy atom. The zero-order chi connectivity index (χ0) is 15.8. The van der Waals surface area contributed by atoms with Gasteiger partial charge in [-0.2, -0.15) is 0 Å². The highest BCUT2D eigenvalue weighted by Gasteiger charge is 2.09. The van der Waals surface area contributed by atoms with Crippen molar-refractivity contribution >= 4 is 0 Å². The number of hydrogen-bond acceptors (Lipinski definition) is 5. The average molecular weight is 302 g/mol. The van der Waals surface area contributed by atoms with Crippen LogP contribution in [-0.4, -0.2) is 31.6 Å². The van der Waals surface area contributed by atoms with E-state index in [9.17, 15) is 4.79 Å². The van der Waals surface area contributed by atoms with Gasteiger partial charge in [-0.05, 0) is 12.0 Å². The van der Waals surface area contributed by atoms with Crippen molar-refractivity contribution in [2.45, 2.75) is 13.0 Å². The molecule has 1 heterocycles. The second-order valence-electron chi connectivity index (χ2n) is 5.08. The molecule has 0 saturated heterocycles. The molecule has 118 valence electrons. The summed E-state index contributed by atoms with van der Waals surface area (Å²) < 4.78 is 10.4. The quantitative estimate of drug-likeness (QED) is 0.803. The molecule has 1 aromatic carbocycles. The van der Waals surface area contributed by atoms with E-state index >= 15 is 0 Å². The van der Waals surface area contributed by atoms with Crippen LogP contribution >= 0.6 is 0 Å². The fourth-order valence-corrected chi connectivity index (χ4v) is 2.28. The molecule has 2 N–H and O–H groups in total. The summed E-state index contributed by atoms with van der Waals surface area (Å²) in [6.07, 6.45) is 2.29. The maximum Gasteiger partial charge on any atom is 0.227 e. The SMILES string of the molecule is COc1coc(CN(CCN)CCc2ccccc2)cc1=O. The highest BCUT2D eigenvalue weighted by atomic mass is 16.5. The first-order valence-electron chi connectivity index (χ1n) is 7.35. The van der Waals surface area contributed by atoms with Crippen molar-refractivity contribution in [2.75, 3.05) is 26.7 Å². The molecule has 22 heavy (non-hydrogen) atoms. The van der Waals surface area contributed by atoms with Crippen LogP contribution in [0.3, 0.4) is 0 Å². The van der Waals surface area contributed by atoms with E-state index in [1.54, 1.807) is 0 Å². The topological polar surface area (TPSA) is 68.7 Å². The third-order valence-electron chi connectivity index (χ3n) is 3.46. The van der Waals surface area contributed by atoms with E-state index in [0.717, 1.165) is 19.5 Å². The van der Waals surface area contributed by atoms with Crippen molar-refractivity contribution < 1.29 is 9.15 Å². The predicted molar refractivity (Wildman–Crippen MR) is 86.0 cm³/mol. The maximum absolute atomic E-state index is 11.8. The Morgan fingerprint density at radius 2 is 2.00 bits per heavy atom. The lowest BCUT2D eigenvalue weighted by molar-refractivity contribution is 0.248. The summed E-state index contributed by atoms with van der Waals surface area (Å²) in [5.41, 5.74) is 6.78. The number of nitrogens with two attached hydrogens (primary N) is 1. The molecule has 0 atom stereocenters. The second kappa shape index (κ2) is 8.36. The molecule has 0 unspecified atom stereocenters. The minimum absolute atomic E-state index is 0.167. The van der Waals surface area contributed by atoms with Crippen LogP contribution in [0.25, 0.3) is 0 Å². The molecule has 2 aromatic rings. The van der Waals surface area contributed by atoms with Gasteiger partial charge in [0.25, 0.3) is 0 Å². The van der Waals surface area contributed by atoms with Gasteiger partial charge in [-0.1, -0.05) is 30.3 Å². The van der Waals surface area contributed by atoms with Crippen LogP contribution in [0, 0.1) is 0 Å². The van der Waals surface area contributed by atoms with E-state index < -0.39 is 0 Å². The molecule has 0 bridgehead atoms. The molecule has 0 radical (unpaired) electrons. The molecule has 0 saturated carbocycles. The summed E-state index contributed by atoms with van der Waals surface area (Å²) in [5, 5.41) is 0. The lowest BCUT2D eigenvalue weighted by Gasteiger charge is -2.20. The fourth-order valence-electron chi connectivity index (χ4n) is 2.28. The first-order valence-corrected chi connectivity index (χ1v) is 7.35. The zero-order valence-corrected chi connectivity index (χ0v) is 12.8. The van der Waals surface area contributed by atoms with Crippen molar-refractivity contribution in [1.29, 1.82) is 0 Å². The Morgan fingerprint density at radius 1 is 1.23 bits per heavy atom. The molecule has 0 amide bonds. The Labute approximate surface area is 130 Å². The summed E-state index contributed by atoms with van der Waals surface area (Å²) in [4.78, 5) is 13.9. The third kappa shape index (κ3) is 4.72. The Hall–Kier alpha value is -2.11. The van der Waals surface area contributed by atoms with Gasteiger partial charge in [-0.15, -0.1) is 0 Å². The normalized spacial score (nSPS) is 10.9. The third-order valence-corrected chi connectivity index (χ3v) is 3.46. The lowest BCUT2D eigenvalue weighted by atomic mass is 10.1. The highest BCUT2D eigenvalue weighted by Crippen LogP contribution is 2.09. The smallest absolute Gasteiger partial charge is 0.227 e. The Bertz CT molecular complexity index is 625. The second-order valence-corrected chi connectivity index (χ2v) is 5.08. The number of methoxy groups -OCH3 is 1. The zero-order valence-electron chi connectivity index (χ0n) is 12.8.